The Labute approximate surface area is 109 Å². The molecule has 1 aromatic rings. The lowest BCUT2D eigenvalue weighted by molar-refractivity contribution is 0.236. The number of rotatable bonds is 5. The zero-order valence-corrected chi connectivity index (χ0v) is 11.2. The van der Waals surface area contributed by atoms with Gasteiger partial charge in [0.15, 0.2) is 17.5 Å². The van der Waals surface area contributed by atoms with E-state index >= 15 is 0 Å². The summed E-state index contributed by atoms with van der Waals surface area (Å²) in [5, 5.41) is 8.83. The first kappa shape index (κ1) is 15.9. The van der Waals surface area contributed by atoms with Gasteiger partial charge in [-0.1, -0.05) is 0 Å². The summed E-state index contributed by atoms with van der Waals surface area (Å²) in [6.45, 7) is 2.30. The maximum atomic E-state index is 13.5. The fourth-order valence-electron chi connectivity index (χ4n) is 1.59. The lowest BCUT2D eigenvalue weighted by Crippen LogP contribution is -2.39. The number of benzene rings is 1. The first-order valence-electron chi connectivity index (χ1n) is 5.49. The van der Waals surface area contributed by atoms with Crippen LogP contribution in [0.5, 0.6) is 0 Å². The molecule has 0 heterocycles. The second kappa shape index (κ2) is 5.89. The number of aliphatic hydroxyl groups excluding tert-OH is 1. The van der Waals surface area contributed by atoms with Crippen molar-refractivity contribution in [2.45, 2.75) is 24.8 Å². The van der Waals surface area contributed by atoms with Gasteiger partial charge < -0.3 is 5.11 Å². The van der Waals surface area contributed by atoms with Crippen molar-refractivity contribution in [2.75, 3.05) is 13.2 Å². The summed E-state index contributed by atoms with van der Waals surface area (Å²) >= 11 is 0. The van der Waals surface area contributed by atoms with Gasteiger partial charge in [0.1, 0.15) is 4.90 Å². The standard InChI is InChI=1S/C11H14F3NO3S/c1-7(2)15(5-6-16)19(17,18)9-4-3-8(12)10(13)11(9)14/h3-4,7,16H,5-6H2,1-2H3. The highest BCUT2D eigenvalue weighted by Crippen LogP contribution is 2.24. The van der Waals surface area contributed by atoms with Crippen LogP contribution >= 0.6 is 0 Å². The van der Waals surface area contributed by atoms with E-state index in [0.717, 1.165) is 4.31 Å². The molecule has 0 radical (unpaired) electrons. The van der Waals surface area contributed by atoms with Crippen molar-refractivity contribution >= 4 is 10.0 Å². The molecule has 108 valence electrons. The van der Waals surface area contributed by atoms with Crippen LogP contribution in [0, 0.1) is 17.5 Å². The fraction of sp³-hybridized carbons (Fsp3) is 0.455. The molecule has 0 aliphatic heterocycles. The minimum atomic E-state index is -4.34. The molecule has 1 N–H and O–H groups in total. The van der Waals surface area contributed by atoms with E-state index in [1.165, 1.54) is 13.8 Å². The van der Waals surface area contributed by atoms with E-state index in [0.29, 0.717) is 12.1 Å². The predicted molar refractivity (Wildman–Crippen MR) is 62.4 cm³/mol. The summed E-state index contributed by atoms with van der Waals surface area (Å²) in [4.78, 5) is -0.950. The summed E-state index contributed by atoms with van der Waals surface area (Å²) in [5.74, 6) is -5.06. The molecule has 0 saturated heterocycles. The summed E-state index contributed by atoms with van der Waals surface area (Å²) < 4.78 is 64.5. The third kappa shape index (κ3) is 3.07. The van der Waals surface area contributed by atoms with Crippen LogP contribution < -0.4 is 0 Å². The van der Waals surface area contributed by atoms with Gasteiger partial charge in [-0.05, 0) is 26.0 Å². The smallest absolute Gasteiger partial charge is 0.246 e. The van der Waals surface area contributed by atoms with E-state index < -0.39 is 45.0 Å². The molecule has 0 fully saturated rings. The Balaban J connectivity index is 3.38. The quantitative estimate of drug-likeness (QED) is 0.838. The molecule has 0 saturated carbocycles. The molecule has 0 spiro atoms. The zero-order valence-electron chi connectivity index (χ0n) is 10.4. The Morgan fingerprint density at radius 3 is 2.26 bits per heavy atom. The monoisotopic (exact) mass is 297 g/mol. The van der Waals surface area contributed by atoms with Gasteiger partial charge in [0.05, 0.1) is 6.61 Å². The molecule has 8 heteroatoms. The zero-order chi connectivity index (χ0) is 14.8. The molecule has 0 amide bonds. The van der Waals surface area contributed by atoms with Crippen molar-refractivity contribution in [1.82, 2.24) is 4.31 Å². The Morgan fingerprint density at radius 1 is 1.21 bits per heavy atom. The Morgan fingerprint density at radius 2 is 1.79 bits per heavy atom. The van der Waals surface area contributed by atoms with Crippen LogP contribution in [0.25, 0.3) is 0 Å². The number of hydrogen-bond donors (Lipinski definition) is 1. The van der Waals surface area contributed by atoms with Gasteiger partial charge in [-0.2, -0.15) is 4.31 Å². The second-order valence-electron chi connectivity index (χ2n) is 4.11. The molecule has 1 aromatic carbocycles. The molecule has 4 nitrogen and oxygen atoms in total. The van der Waals surface area contributed by atoms with E-state index in [1.54, 1.807) is 0 Å². The number of sulfonamides is 1. The predicted octanol–water partition coefficient (Wildman–Crippen LogP) is 1.50. The van der Waals surface area contributed by atoms with Gasteiger partial charge in [-0.15, -0.1) is 0 Å². The van der Waals surface area contributed by atoms with Gasteiger partial charge in [0, 0.05) is 12.6 Å². The van der Waals surface area contributed by atoms with Gasteiger partial charge in [0.25, 0.3) is 0 Å². The normalized spacial score (nSPS) is 12.4. The highest BCUT2D eigenvalue weighted by Gasteiger charge is 2.31. The third-order valence-electron chi connectivity index (χ3n) is 2.48. The average Bonchev–Trinajstić information content (AvgIpc) is 2.32. The molecule has 19 heavy (non-hydrogen) atoms. The second-order valence-corrected chi connectivity index (χ2v) is 5.97. The largest absolute Gasteiger partial charge is 0.395 e. The Bertz CT molecular complexity index is 561. The van der Waals surface area contributed by atoms with Crippen LogP contribution in [0.15, 0.2) is 17.0 Å². The van der Waals surface area contributed by atoms with E-state index in [4.69, 9.17) is 5.11 Å². The molecule has 0 aliphatic rings. The fourth-order valence-corrected chi connectivity index (χ4v) is 3.27. The number of hydrogen-bond acceptors (Lipinski definition) is 3. The molecule has 1 rings (SSSR count). The molecule has 0 aromatic heterocycles. The Kier molecular flexibility index (Phi) is 4.94. The SMILES string of the molecule is CC(C)N(CCO)S(=O)(=O)c1ccc(F)c(F)c1F. The maximum Gasteiger partial charge on any atom is 0.246 e. The first-order valence-corrected chi connectivity index (χ1v) is 6.93. The van der Waals surface area contributed by atoms with Crippen molar-refractivity contribution in [3.05, 3.63) is 29.6 Å². The molecule has 0 unspecified atom stereocenters. The van der Waals surface area contributed by atoms with E-state index in [-0.39, 0.29) is 6.54 Å². The number of nitrogens with zero attached hydrogens (tertiary/aromatic N) is 1. The van der Waals surface area contributed by atoms with Crippen molar-refractivity contribution in [3.63, 3.8) is 0 Å². The van der Waals surface area contributed by atoms with Crippen LogP contribution in [0.1, 0.15) is 13.8 Å². The molecular formula is C11H14F3NO3S. The Hall–Kier alpha value is -1.12. The van der Waals surface area contributed by atoms with Gasteiger partial charge in [-0.25, -0.2) is 21.6 Å². The van der Waals surface area contributed by atoms with E-state index in [9.17, 15) is 21.6 Å². The van der Waals surface area contributed by atoms with Crippen LogP contribution in [0.4, 0.5) is 13.2 Å². The molecule has 0 aliphatic carbocycles. The van der Waals surface area contributed by atoms with Gasteiger partial charge in [0.2, 0.25) is 10.0 Å². The van der Waals surface area contributed by atoms with Crippen LogP contribution in [0.3, 0.4) is 0 Å². The van der Waals surface area contributed by atoms with Gasteiger partial charge in [-0.3, -0.25) is 0 Å². The lowest BCUT2D eigenvalue weighted by atomic mass is 10.3. The van der Waals surface area contributed by atoms with Crippen LogP contribution in [-0.2, 0) is 10.0 Å². The number of halogens is 3. The minimum Gasteiger partial charge on any atom is -0.395 e. The maximum absolute atomic E-state index is 13.5. The summed E-state index contributed by atoms with van der Waals surface area (Å²) in [7, 11) is -4.34. The summed E-state index contributed by atoms with van der Waals surface area (Å²) in [6, 6.07) is 0.642. The number of aliphatic hydroxyl groups is 1. The minimum absolute atomic E-state index is 0.265. The molecule has 0 bridgehead atoms. The van der Waals surface area contributed by atoms with Crippen molar-refractivity contribution in [1.29, 1.82) is 0 Å². The van der Waals surface area contributed by atoms with Gasteiger partial charge >= 0.3 is 0 Å². The van der Waals surface area contributed by atoms with Crippen LogP contribution in [-0.4, -0.2) is 37.0 Å². The van der Waals surface area contributed by atoms with E-state index in [2.05, 4.69) is 0 Å². The average molecular weight is 297 g/mol. The van der Waals surface area contributed by atoms with Crippen molar-refractivity contribution < 1.29 is 26.7 Å². The third-order valence-corrected chi connectivity index (χ3v) is 4.58. The molecule has 0 atom stereocenters. The highest BCUT2D eigenvalue weighted by molar-refractivity contribution is 7.89. The van der Waals surface area contributed by atoms with Crippen molar-refractivity contribution in [3.8, 4) is 0 Å². The van der Waals surface area contributed by atoms with Crippen molar-refractivity contribution in [2.24, 2.45) is 0 Å². The topological polar surface area (TPSA) is 57.6 Å². The van der Waals surface area contributed by atoms with E-state index in [1.807, 2.05) is 0 Å². The lowest BCUT2D eigenvalue weighted by Gasteiger charge is -2.25. The summed E-state index contributed by atoms with van der Waals surface area (Å²) in [6.07, 6.45) is 0. The van der Waals surface area contributed by atoms with Crippen LogP contribution in [0.2, 0.25) is 0 Å². The first-order chi connectivity index (χ1) is 8.73. The highest BCUT2D eigenvalue weighted by atomic mass is 32.2. The molecular weight excluding hydrogens is 283 g/mol. The summed E-state index contributed by atoms with van der Waals surface area (Å²) in [5.41, 5.74) is 0.